The molecule has 0 aromatic rings. The van der Waals surface area contributed by atoms with Gasteiger partial charge in [0.15, 0.2) is 0 Å². The standard InChI is InChI=1S/C14H28N2O3/c1-4-15-14(2,13(17)18)7-9-16-8-5-6-12(10-16)11-19-3/h12,15H,4-11H2,1-3H3,(H,17,18). The van der Waals surface area contributed by atoms with Gasteiger partial charge in [-0.25, -0.2) is 0 Å². The fourth-order valence-electron chi connectivity index (χ4n) is 2.77. The Morgan fingerprint density at radius 2 is 2.32 bits per heavy atom. The molecular formula is C14H28N2O3. The van der Waals surface area contributed by atoms with E-state index in [1.807, 2.05) is 6.92 Å². The van der Waals surface area contributed by atoms with E-state index >= 15 is 0 Å². The predicted octanol–water partition coefficient (Wildman–Crippen LogP) is 1.19. The summed E-state index contributed by atoms with van der Waals surface area (Å²) in [5, 5.41) is 12.4. The number of likely N-dealkylation sites (tertiary alicyclic amines) is 1. The number of hydrogen-bond donors (Lipinski definition) is 2. The highest BCUT2D eigenvalue weighted by molar-refractivity contribution is 5.78. The normalized spacial score (nSPS) is 24.1. The minimum atomic E-state index is -0.817. The largest absolute Gasteiger partial charge is 0.480 e. The third-order valence-corrected chi connectivity index (χ3v) is 3.97. The SMILES string of the molecule is CCNC(C)(CCN1CCCC(COC)C1)C(=O)O. The van der Waals surface area contributed by atoms with Crippen LogP contribution in [0.1, 0.15) is 33.1 Å². The Morgan fingerprint density at radius 3 is 2.89 bits per heavy atom. The molecule has 0 radical (unpaired) electrons. The highest BCUT2D eigenvalue weighted by atomic mass is 16.5. The van der Waals surface area contributed by atoms with E-state index in [0.29, 0.717) is 18.9 Å². The molecule has 0 aliphatic carbocycles. The zero-order chi connectivity index (χ0) is 14.3. The van der Waals surface area contributed by atoms with Gasteiger partial charge in [0.25, 0.3) is 0 Å². The van der Waals surface area contributed by atoms with Gasteiger partial charge in [-0.1, -0.05) is 6.92 Å². The zero-order valence-corrected chi connectivity index (χ0v) is 12.4. The summed E-state index contributed by atoms with van der Waals surface area (Å²) in [6, 6.07) is 0. The van der Waals surface area contributed by atoms with E-state index in [1.165, 1.54) is 12.8 Å². The van der Waals surface area contributed by atoms with Crippen molar-refractivity contribution in [3.05, 3.63) is 0 Å². The lowest BCUT2D eigenvalue weighted by Gasteiger charge is -2.35. The zero-order valence-electron chi connectivity index (χ0n) is 12.4. The molecule has 0 spiro atoms. The van der Waals surface area contributed by atoms with E-state index < -0.39 is 11.5 Å². The van der Waals surface area contributed by atoms with Crippen molar-refractivity contribution < 1.29 is 14.6 Å². The van der Waals surface area contributed by atoms with E-state index in [0.717, 1.165) is 26.2 Å². The minimum Gasteiger partial charge on any atom is -0.480 e. The van der Waals surface area contributed by atoms with Crippen LogP contribution >= 0.6 is 0 Å². The first-order valence-electron chi connectivity index (χ1n) is 7.21. The molecule has 2 unspecified atom stereocenters. The number of carboxylic acid groups (broad SMARTS) is 1. The Kier molecular flexibility index (Phi) is 6.75. The maximum atomic E-state index is 11.3. The summed E-state index contributed by atoms with van der Waals surface area (Å²) in [6.45, 7) is 8.12. The topological polar surface area (TPSA) is 61.8 Å². The first-order valence-corrected chi connectivity index (χ1v) is 7.21. The number of ether oxygens (including phenoxy) is 1. The van der Waals surface area contributed by atoms with Gasteiger partial charge in [0.1, 0.15) is 5.54 Å². The first-order chi connectivity index (χ1) is 9.01. The molecule has 19 heavy (non-hydrogen) atoms. The van der Waals surface area contributed by atoms with Gasteiger partial charge in [0.2, 0.25) is 0 Å². The molecule has 1 fully saturated rings. The molecule has 5 heteroatoms. The van der Waals surface area contributed by atoms with Crippen LogP contribution in [-0.2, 0) is 9.53 Å². The molecule has 2 atom stereocenters. The van der Waals surface area contributed by atoms with E-state index in [4.69, 9.17) is 4.74 Å². The smallest absolute Gasteiger partial charge is 0.323 e. The second kappa shape index (κ2) is 7.82. The number of carboxylic acids is 1. The lowest BCUT2D eigenvalue weighted by Crippen LogP contribution is -2.52. The molecule has 0 aromatic carbocycles. The third-order valence-electron chi connectivity index (χ3n) is 3.97. The van der Waals surface area contributed by atoms with Crippen LogP contribution in [0.4, 0.5) is 0 Å². The summed E-state index contributed by atoms with van der Waals surface area (Å²) < 4.78 is 5.22. The van der Waals surface area contributed by atoms with E-state index in [2.05, 4.69) is 10.2 Å². The molecule has 112 valence electrons. The molecule has 1 aliphatic rings. The Hall–Kier alpha value is -0.650. The summed E-state index contributed by atoms with van der Waals surface area (Å²) in [5.74, 6) is -0.172. The second-order valence-corrected chi connectivity index (χ2v) is 5.68. The van der Waals surface area contributed by atoms with Crippen LogP contribution in [0.2, 0.25) is 0 Å². The third kappa shape index (κ3) is 5.09. The fraction of sp³-hybridized carbons (Fsp3) is 0.929. The molecule has 1 rings (SSSR count). The van der Waals surface area contributed by atoms with Crippen LogP contribution in [-0.4, -0.2) is 61.4 Å². The maximum absolute atomic E-state index is 11.3. The van der Waals surface area contributed by atoms with Crippen molar-refractivity contribution in [1.82, 2.24) is 10.2 Å². The Balaban J connectivity index is 2.43. The maximum Gasteiger partial charge on any atom is 0.323 e. The van der Waals surface area contributed by atoms with Crippen molar-refractivity contribution in [3.63, 3.8) is 0 Å². The van der Waals surface area contributed by atoms with Gasteiger partial charge in [0, 0.05) is 20.2 Å². The summed E-state index contributed by atoms with van der Waals surface area (Å²) in [6.07, 6.45) is 3.03. The summed E-state index contributed by atoms with van der Waals surface area (Å²) in [7, 11) is 1.74. The van der Waals surface area contributed by atoms with Gasteiger partial charge in [-0.15, -0.1) is 0 Å². The Morgan fingerprint density at radius 1 is 1.58 bits per heavy atom. The van der Waals surface area contributed by atoms with Crippen LogP contribution < -0.4 is 5.32 Å². The number of hydrogen-bond acceptors (Lipinski definition) is 4. The van der Waals surface area contributed by atoms with E-state index in [-0.39, 0.29) is 0 Å². The summed E-state index contributed by atoms with van der Waals surface area (Å²) in [5.41, 5.74) is -0.817. The summed E-state index contributed by atoms with van der Waals surface area (Å²) >= 11 is 0. The quantitative estimate of drug-likeness (QED) is 0.695. The van der Waals surface area contributed by atoms with E-state index in [9.17, 15) is 9.90 Å². The minimum absolute atomic E-state index is 0.592. The van der Waals surface area contributed by atoms with Gasteiger partial charge in [0.05, 0.1) is 6.61 Å². The molecule has 0 bridgehead atoms. The van der Waals surface area contributed by atoms with Gasteiger partial charge in [-0.05, 0) is 45.2 Å². The molecule has 1 heterocycles. The van der Waals surface area contributed by atoms with Gasteiger partial charge >= 0.3 is 5.97 Å². The van der Waals surface area contributed by atoms with Crippen molar-refractivity contribution in [1.29, 1.82) is 0 Å². The predicted molar refractivity (Wildman–Crippen MR) is 75.4 cm³/mol. The lowest BCUT2D eigenvalue weighted by atomic mass is 9.95. The molecule has 0 saturated carbocycles. The monoisotopic (exact) mass is 272 g/mol. The number of nitrogens with one attached hydrogen (secondary N) is 1. The summed E-state index contributed by atoms with van der Waals surface area (Å²) in [4.78, 5) is 13.7. The average Bonchev–Trinajstić information content (AvgIpc) is 2.37. The number of likely N-dealkylation sites (N-methyl/N-ethyl adjacent to an activating group) is 1. The lowest BCUT2D eigenvalue weighted by molar-refractivity contribution is -0.144. The van der Waals surface area contributed by atoms with Crippen LogP contribution in [0.3, 0.4) is 0 Å². The first kappa shape index (κ1) is 16.4. The van der Waals surface area contributed by atoms with Crippen molar-refractivity contribution >= 4 is 5.97 Å². The molecule has 0 aromatic heterocycles. The molecule has 1 saturated heterocycles. The number of rotatable bonds is 8. The van der Waals surface area contributed by atoms with Gasteiger partial charge in [-0.2, -0.15) is 0 Å². The number of methoxy groups -OCH3 is 1. The molecule has 0 amide bonds. The van der Waals surface area contributed by atoms with Gasteiger partial charge in [-0.3, -0.25) is 4.79 Å². The van der Waals surface area contributed by atoms with Crippen LogP contribution in [0.25, 0.3) is 0 Å². The fourth-order valence-corrected chi connectivity index (χ4v) is 2.77. The Labute approximate surface area is 116 Å². The van der Waals surface area contributed by atoms with Gasteiger partial charge < -0.3 is 20.1 Å². The highest BCUT2D eigenvalue weighted by Crippen LogP contribution is 2.19. The van der Waals surface area contributed by atoms with Crippen molar-refractivity contribution in [2.45, 2.75) is 38.6 Å². The molecule has 1 aliphatic heterocycles. The number of nitrogens with zero attached hydrogens (tertiary/aromatic N) is 1. The van der Waals surface area contributed by atoms with E-state index in [1.54, 1.807) is 14.0 Å². The highest BCUT2D eigenvalue weighted by Gasteiger charge is 2.32. The van der Waals surface area contributed by atoms with Crippen molar-refractivity contribution in [3.8, 4) is 0 Å². The number of aliphatic carboxylic acids is 1. The van der Waals surface area contributed by atoms with Crippen LogP contribution in [0.15, 0.2) is 0 Å². The molecular weight excluding hydrogens is 244 g/mol. The number of piperidine rings is 1. The molecule has 5 nitrogen and oxygen atoms in total. The van der Waals surface area contributed by atoms with Crippen molar-refractivity contribution in [2.75, 3.05) is 39.9 Å². The average molecular weight is 272 g/mol. The number of carbonyl (C=O) groups is 1. The van der Waals surface area contributed by atoms with Crippen molar-refractivity contribution in [2.24, 2.45) is 5.92 Å². The van der Waals surface area contributed by atoms with Crippen LogP contribution in [0, 0.1) is 5.92 Å². The second-order valence-electron chi connectivity index (χ2n) is 5.68. The molecule has 2 N–H and O–H groups in total. The Bertz CT molecular complexity index is 284. The van der Waals surface area contributed by atoms with Crippen LogP contribution in [0.5, 0.6) is 0 Å².